The molecule has 0 saturated heterocycles. The van der Waals surface area contributed by atoms with E-state index in [9.17, 15) is 19.1 Å². The van der Waals surface area contributed by atoms with Gasteiger partial charge in [-0.3, -0.25) is 14.3 Å². The predicted molar refractivity (Wildman–Crippen MR) is 92.8 cm³/mol. The van der Waals surface area contributed by atoms with Crippen LogP contribution in [-0.4, -0.2) is 39.3 Å². The number of carbonyl (C=O) groups is 1. The number of methoxy groups -OCH3 is 1. The Morgan fingerprint density at radius 1 is 1.46 bits per heavy atom. The summed E-state index contributed by atoms with van der Waals surface area (Å²) in [4.78, 5) is 22.2. The molecular weight excluding hydrogens is 332 g/mol. The van der Waals surface area contributed by atoms with Gasteiger partial charge in [0.1, 0.15) is 5.56 Å². The van der Waals surface area contributed by atoms with Crippen LogP contribution in [0.1, 0.15) is 43.0 Å². The average Bonchev–Trinajstić information content (AvgIpc) is 2.60. The number of carbonyl (C=O) groups excluding carboxylic acids is 1. The molecule has 3 atom stereocenters. The van der Waals surface area contributed by atoms with Gasteiger partial charge in [-0.25, -0.2) is 4.79 Å². The summed E-state index contributed by atoms with van der Waals surface area (Å²) in [6.07, 6.45) is 3.70. The van der Waals surface area contributed by atoms with Gasteiger partial charge < -0.3 is 10.1 Å². The Kier molecular flexibility index (Phi) is 6.30. The molecule has 1 aromatic rings. The Balaban J connectivity index is 2.16. The van der Waals surface area contributed by atoms with E-state index in [1.165, 1.54) is 19.2 Å². The van der Waals surface area contributed by atoms with E-state index in [1.54, 1.807) is 6.07 Å². The second-order valence-corrected chi connectivity index (χ2v) is 7.79. The van der Waals surface area contributed by atoms with Gasteiger partial charge in [0, 0.05) is 39.6 Å². The topological polar surface area (TPSA) is 98.5 Å². The van der Waals surface area contributed by atoms with Gasteiger partial charge in [0.05, 0.1) is 12.0 Å². The van der Waals surface area contributed by atoms with Crippen molar-refractivity contribution in [1.29, 1.82) is 0 Å². The maximum atomic E-state index is 12.0. The van der Waals surface area contributed by atoms with Crippen LogP contribution in [0.2, 0.25) is 0 Å². The molecule has 7 nitrogen and oxygen atoms in total. The number of anilines is 1. The Morgan fingerprint density at radius 3 is 2.83 bits per heavy atom. The Labute approximate surface area is 143 Å². The number of nitrogens with one attached hydrogen (secondary N) is 1. The first kappa shape index (κ1) is 18.4. The van der Waals surface area contributed by atoms with Gasteiger partial charge in [-0.05, 0) is 31.4 Å². The maximum Gasteiger partial charge on any atom is 0.344 e. The highest BCUT2D eigenvalue weighted by Crippen LogP contribution is 2.28. The number of benzene rings is 1. The van der Waals surface area contributed by atoms with Crippen molar-refractivity contribution >= 4 is 28.1 Å². The van der Waals surface area contributed by atoms with Crippen molar-refractivity contribution < 1.29 is 18.7 Å². The smallest absolute Gasteiger partial charge is 0.344 e. The molecule has 0 bridgehead atoms. The van der Waals surface area contributed by atoms with Crippen LogP contribution in [0.4, 0.5) is 11.4 Å². The molecule has 1 N–H and O–H groups in total. The van der Waals surface area contributed by atoms with Crippen molar-refractivity contribution in [2.75, 3.05) is 18.2 Å². The zero-order valence-electron chi connectivity index (χ0n) is 13.8. The minimum Gasteiger partial charge on any atom is -0.465 e. The van der Waals surface area contributed by atoms with E-state index in [0.717, 1.165) is 25.7 Å². The third-order valence-electron chi connectivity index (χ3n) is 4.25. The number of nitro benzene ring substituents is 1. The van der Waals surface area contributed by atoms with Crippen LogP contribution in [0.3, 0.4) is 0 Å². The fraction of sp³-hybridized carbons (Fsp3) is 0.562. The average molecular weight is 354 g/mol. The highest BCUT2D eigenvalue weighted by Gasteiger charge is 2.26. The van der Waals surface area contributed by atoms with Gasteiger partial charge in [0.15, 0.2) is 0 Å². The minimum absolute atomic E-state index is 0.0722. The molecule has 1 fully saturated rings. The third-order valence-corrected chi connectivity index (χ3v) is 5.99. The van der Waals surface area contributed by atoms with Crippen LogP contribution in [0.5, 0.6) is 0 Å². The number of nitrogens with zero attached hydrogens (tertiary/aromatic N) is 1. The van der Waals surface area contributed by atoms with Crippen molar-refractivity contribution in [2.24, 2.45) is 0 Å². The van der Waals surface area contributed by atoms with E-state index >= 15 is 0 Å². The van der Waals surface area contributed by atoms with Gasteiger partial charge in [-0.2, -0.15) is 0 Å². The summed E-state index contributed by atoms with van der Waals surface area (Å²) in [6.45, 7) is 1.92. The zero-order valence-corrected chi connectivity index (χ0v) is 14.6. The van der Waals surface area contributed by atoms with E-state index in [2.05, 4.69) is 10.1 Å². The minimum atomic E-state index is -0.819. The summed E-state index contributed by atoms with van der Waals surface area (Å²) in [5, 5.41) is 14.5. The lowest BCUT2D eigenvalue weighted by Crippen LogP contribution is -2.33. The number of hydrogen-bond donors (Lipinski definition) is 1. The van der Waals surface area contributed by atoms with Crippen LogP contribution in [-0.2, 0) is 15.5 Å². The fourth-order valence-electron chi connectivity index (χ4n) is 3.04. The first-order chi connectivity index (χ1) is 11.5. The van der Waals surface area contributed by atoms with Crippen molar-refractivity contribution in [3.05, 3.63) is 33.9 Å². The molecule has 0 aliphatic heterocycles. The van der Waals surface area contributed by atoms with E-state index in [0.29, 0.717) is 11.4 Å². The molecule has 132 valence electrons. The first-order valence-corrected chi connectivity index (χ1v) is 9.35. The van der Waals surface area contributed by atoms with Gasteiger partial charge in [-0.1, -0.05) is 13.3 Å². The number of ether oxygens (including phenoxy) is 1. The molecule has 2 rings (SSSR count). The molecule has 1 aliphatic rings. The van der Waals surface area contributed by atoms with Crippen LogP contribution in [0.25, 0.3) is 0 Å². The van der Waals surface area contributed by atoms with Crippen molar-refractivity contribution in [3.63, 3.8) is 0 Å². The number of nitro groups is 1. The standard InChI is InChI=1S/C16H22N2O5S/c1-3-24(22)13-6-4-5-11(9-13)17-12-7-8-15(18(20)21)14(10-12)16(19)23-2/h7-8,10-11,13,17H,3-6,9H2,1-2H3. The zero-order chi connectivity index (χ0) is 17.7. The summed E-state index contributed by atoms with van der Waals surface area (Å²) in [5.74, 6) is -0.0829. The summed E-state index contributed by atoms with van der Waals surface area (Å²) >= 11 is 0. The van der Waals surface area contributed by atoms with Crippen LogP contribution in [0.15, 0.2) is 18.2 Å². The summed E-state index contributed by atoms with van der Waals surface area (Å²) in [7, 11) is 0.374. The van der Waals surface area contributed by atoms with Crippen LogP contribution >= 0.6 is 0 Å². The fourth-order valence-corrected chi connectivity index (χ4v) is 4.39. The second kappa shape index (κ2) is 8.23. The molecule has 3 unspecified atom stereocenters. The third kappa shape index (κ3) is 4.31. The molecule has 0 radical (unpaired) electrons. The lowest BCUT2D eigenvalue weighted by Gasteiger charge is -2.29. The Morgan fingerprint density at radius 2 is 2.21 bits per heavy atom. The SMILES string of the molecule is CCS(=O)C1CCCC(Nc2ccc([N+](=O)[O-])c(C(=O)OC)c2)C1. The lowest BCUT2D eigenvalue weighted by atomic mass is 9.94. The molecule has 0 spiro atoms. The highest BCUT2D eigenvalue weighted by atomic mass is 32.2. The lowest BCUT2D eigenvalue weighted by molar-refractivity contribution is -0.385. The maximum absolute atomic E-state index is 12.0. The molecule has 1 aliphatic carbocycles. The molecule has 0 heterocycles. The summed E-state index contributed by atoms with van der Waals surface area (Å²) < 4.78 is 16.6. The number of hydrogen-bond acceptors (Lipinski definition) is 6. The molecule has 24 heavy (non-hydrogen) atoms. The van der Waals surface area contributed by atoms with Crippen LogP contribution < -0.4 is 5.32 Å². The Bertz CT molecular complexity index is 649. The molecule has 8 heteroatoms. The number of rotatable bonds is 6. The Hall–Kier alpha value is -1.96. The van der Waals surface area contributed by atoms with Gasteiger partial charge in [0.25, 0.3) is 5.69 Å². The van der Waals surface area contributed by atoms with E-state index in [4.69, 9.17) is 0 Å². The summed E-state index contributed by atoms with van der Waals surface area (Å²) in [6, 6.07) is 4.49. The predicted octanol–water partition coefficient (Wildman–Crippen LogP) is 2.87. The highest BCUT2D eigenvalue weighted by molar-refractivity contribution is 7.85. The monoisotopic (exact) mass is 354 g/mol. The van der Waals surface area contributed by atoms with Gasteiger partial charge >= 0.3 is 5.97 Å². The quantitative estimate of drug-likeness (QED) is 0.479. The number of esters is 1. The van der Waals surface area contributed by atoms with E-state index in [-0.39, 0.29) is 22.5 Å². The van der Waals surface area contributed by atoms with Gasteiger partial charge in [0.2, 0.25) is 0 Å². The van der Waals surface area contributed by atoms with Crippen LogP contribution in [0, 0.1) is 10.1 Å². The summed E-state index contributed by atoms with van der Waals surface area (Å²) in [5.41, 5.74) is 0.284. The van der Waals surface area contributed by atoms with Gasteiger partial charge in [-0.15, -0.1) is 0 Å². The first-order valence-electron chi connectivity index (χ1n) is 7.96. The van der Waals surface area contributed by atoms with Crippen molar-refractivity contribution in [3.8, 4) is 0 Å². The molecule has 0 amide bonds. The molecule has 0 aromatic heterocycles. The molecule has 1 saturated carbocycles. The van der Waals surface area contributed by atoms with Crippen molar-refractivity contribution in [1.82, 2.24) is 0 Å². The van der Waals surface area contributed by atoms with Crippen molar-refractivity contribution in [2.45, 2.75) is 43.9 Å². The van der Waals surface area contributed by atoms with E-state index < -0.39 is 21.7 Å². The normalized spacial score (nSPS) is 21.8. The second-order valence-electron chi connectivity index (χ2n) is 5.78. The largest absolute Gasteiger partial charge is 0.465 e. The molecular formula is C16H22N2O5S. The van der Waals surface area contributed by atoms with E-state index in [1.807, 2.05) is 6.92 Å². The molecule has 1 aromatic carbocycles.